The zero-order chi connectivity index (χ0) is 23.5. The van der Waals surface area contributed by atoms with Crippen LogP contribution in [0, 0.1) is 0 Å². The summed E-state index contributed by atoms with van der Waals surface area (Å²) in [4.78, 5) is 36.1. The number of alkyl carbamates (subject to hydrolysis) is 1. The van der Waals surface area contributed by atoms with Gasteiger partial charge in [-0.25, -0.2) is 4.79 Å². The third-order valence-corrected chi connectivity index (χ3v) is 5.75. The Kier molecular flexibility index (Phi) is 6.84. The van der Waals surface area contributed by atoms with Gasteiger partial charge in [0.25, 0.3) is 0 Å². The number of carboxylic acid groups (broad SMARTS) is 1. The summed E-state index contributed by atoms with van der Waals surface area (Å²) < 4.78 is 5.40. The van der Waals surface area contributed by atoms with E-state index >= 15 is 0 Å². The molecule has 0 fully saturated rings. The minimum absolute atomic E-state index is 0.0430. The van der Waals surface area contributed by atoms with Crippen LogP contribution in [0.3, 0.4) is 0 Å². The highest BCUT2D eigenvalue weighted by molar-refractivity contribution is 5.89. The molecule has 4 N–H and O–H groups in total. The average Bonchev–Trinajstić information content (AvgIpc) is 3.04. The van der Waals surface area contributed by atoms with Gasteiger partial charge in [0.2, 0.25) is 5.91 Å². The van der Waals surface area contributed by atoms with Gasteiger partial charge in [0.05, 0.1) is 18.1 Å². The highest BCUT2D eigenvalue weighted by atomic mass is 16.5. The number of hydrogen-bond acceptors (Lipinski definition) is 5. The Hall–Kier alpha value is -3.39. The van der Waals surface area contributed by atoms with E-state index in [9.17, 15) is 19.5 Å². The second kappa shape index (κ2) is 9.40. The number of carbonyl (C=O) groups is 3. The van der Waals surface area contributed by atoms with Crippen LogP contribution in [0.4, 0.5) is 4.79 Å². The summed E-state index contributed by atoms with van der Waals surface area (Å²) in [5.41, 5.74) is 3.04. The van der Waals surface area contributed by atoms with Crippen molar-refractivity contribution in [1.29, 1.82) is 0 Å². The number of rotatable bonds is 8. The van der Waals surface area contributed by atoms with Gasteiger partial charge in [-0.1, -0.05) is 48.5 Å². The molecule has 0 heterocycles. The van der Waals surface area contributed by atoms with E-state index < -0.39 is 42.1 Å². The van der Waals surface area contributed by atoms with Gasteiger partial charge in [-0.05, 0) is 43.0 Å². The van der Waals surface area contributed by atoms with Crippen molar-refractivity contribution >= 4 is 18.0 Å². The van der Waals surface area contributed by atoms with E-state index in [1.54, 1.807) is 6.92 Å². The molecular formula is C24H28N2O6. The molecule has 170 valence electrons. The average molecular weight is 440 g/mol. The van der Waals surface area contributed by atoms with Crippen molar-refractivity contribution < 1.29 is 29.3 Å². The second-order valence-electron chi connectivity index (χ2n) is 8.50. The Morgan fingerprint density at radius 2 is 1.53 bits per heavy atom. The van der Waals surface area contributed by atoms with Crippen molar-refractivity contribution in [2.75, 3.05) is 6.61 Å². The number of amides is 2. The Morgan fingerprint density at radius 3 is 2.03 bits per heavy atom. The summed E-state index contributed by atoms with van der Waals surface area (Å²) in [6.07, 6.45) is -1.50. The van der Waals surface area contributed by atoms with Gasteiger partial charge in [-0.3, -0.25) is 9.59 Å². The van der Waals surface area contributed by atoms with Crippen molar-refractivity contribution in [3.8, 4) is 11.1 Å². The molecular weight excluding hydrogens is 412 g/mol. The van der Waals surface area contributed by atoms with E-state index in [1.807, 2.05) is 48.5 Å². The second-order valence-corrected chi connectivity index (χ2v) is 8.50. The highest BCUT2D eigenvalue weighted by Gasteiger charge is 2.32. The van der Waals surface area contributed by atoms with Crippen molar-refractivity contribution in [3.63, 3.8) is 0 Å². The summed E-state index contributed by atoms with van der Waals surface area (Å²) in [6.45, 7) is 4.66. The molecule has 8 nitrogen and oxygen atoms in total. The molecule has 0 radical (unpaired) electrons. The van der Waals surface area contributed by atoms with Gasteiger partial charge in [0, 0.05) is 5.92 Å². The molecule has 0 spiro atoms. The number of hydrogen-bond donors (Lipinski definition) is 4. The maximum atomic E-state index is 12.5. The quantitative estimate of drug-likeness (QED) is 0.500. The van der Waals surface area contributed by atoms with Gasteiger partial charge in [-0.15, -0.1) is 0 Å². The molecule has 1 aliphatic carbocycles. The van der Waals surface area contributed by atoms with Crippen LogP contribution in [0.25, 0.3) is 11.1 Å². The predicted octanol–water partition coefficient (Wildman–Crippen LogP) is 2.64. The molecule has 2 atom stereocenters. The molecule has 2 unspecified atom stereocenters. The number of aliphatic carboxylic acids is 1. The van der Waals surface area contributed by atoms with Gasteiger partial charge in [0.1, 0.15) is 12.6 Å². The molecule has 0 saturated heterocycles. The van der Waals surface area contributed by atoms with Crippen LogP contribution in [0.2, 0.25) is 0 Å². The maximum absolute atomic E-state index is 12.5. The van der Waals surface area contributed by atoms with Crippen LogP contribution in [0.1, 0.15) is 44.2 Å². The van der Waals surface area contributed by atoms with Crippen LogP contribution in [0.5, 0.6) is 0 Å². The Bertz CT molecular complexity index is 968. The summed E-state index contributed by atoms with van der Waals surface area (Å²) >= 11 is 0. The molecule has 0 bridgehead atoms. The number of carbonyl (C=O) groups excluding carboxylic acids is 2. The fourth-order valence-corrected chi connectivity index (χ4v) is 3.66. The summed E-state index contributed by atoms with van der Waals surface area (Å²) in [5.74, 6) is -2.12. The Balaban J connectivity index is 1.67. The van der Waals surface area contributed by atoms with Gasteiger partial charge < -0.3 is 25.6 Å². The molecule has 32 heavy (non-hydrogen) atoms. The fraction of sp³-hybridized carbons (Fsp3) is 0.375. The predicted molar refractivity (Wildman–Crippen MR) is 118 cm³/mol. The van der Waals surface area contributed by atoms with Gasteiger partial charge in [-0.2, -0.15) is 0 Å². The van der Waals surface area contributed by atoms with E-state index in [2.05, 4.69) is 10.6 Å². The normalized spacial score (nSPS) is 14.6. The summed E-state index contributed by atoms with van der Waals surface area (Å²) in [5, 5.41) is 24.0. The van der Waals surface area contributed by atoms with Gasteiger partial charge >= 0.3 is 12.1 Å². The van der Waals surface area contributed by atoms with Crippen LogP contribution < -0.4 is 10.6 Å². The first-order chi connectivity index (χ1) is 15.1. The zero-order valence-electron chi connectivity index (χ0n) is 18.3. The molecule has 0 aromatic heterocycles. The minimum Gasteiger partial charge on any atom is -0.481 e. The number of ether oxygens (including phenoxy) is 1. The van der Waals surface area contributed by atoms with Crippen LogP contribution >= 0.6 is 0 Å². The smallest absolute Gasteiger partial charge is 0.407 e. The molecule has 2 aromatic rings. The third-order valence-electron chi connectivity index (χ3n) is 5.75. The lowest BCUT2D eigenvalue weighted by atomic mass is 9.98. The molecule has 3 rings (SSSR count). The summed E-state index contributed by atoms with van der Waals surface area (Å²) in [6, 6.07) is 13.8. The van der Waals surface area contributed by atoms with Crippen molar-refractivity contribution in [2.24, 2.45) is 0 Å². The van der Waals surface area contributed by atoms with E-state index in [4.69, 9.17) is 9.84 Å². The van der Waals surface area contributed by atoms with Crippen molar-refractivity contribution in [3.05, 3.63) is 59.7 Å². The minimum atomic E-state index is -1.34. The fourth-order valence-electron chi connectivity index (χ4n) is 3.66. The Morgan fingerprint density at radius 1 is 1.00 bits per heavy atom. The van der Waals surface area contributed by atoms with Crippen molar-refractivity contribution in [1.82, 2.24) is 10.6 Å². The SMILES string of the molecule is CC(NC(=O)C(CC(=O)O)NC(=O)OCC1c2ccccc2-c2ccccc21)C(C)(C)O. The molecule has 2 amide bonds. The topological polar surface area (TPSA) is 125 Å². The first-order valence-corrected chi connectivity index (χ1v) is 10.4. The molecule has 1 aliphatic rings. The van der Waals surface area contributed by atoms with Gasteiger partial charge in [0.15, 0.2) is 0 Å². The van der Waals surface area contributed by atoms with Crippen LogP contribution in [-0.2, 0) is 14.3 Å². The molecule has 2 aromatic carbocycles. The number of carboxylic acids is 1. The number of benzene rings is 2. The lowest BCUT2D eigenvalue weighted by molar-refractivity contribution is -0.140. The first kappa shape index (κ1) is 23.3. The van der Waals surface area contributed by atoms with Crippen LogP contribution in [-0.4, -0.2) is 52.5 Å². The third kappa shape index (κ3) is 5.26. The number of fused-ring (bicyclic) bond motifs is 3. The Labute approximate surface area is 186 Å². The van der Waals surface area contributed by atoms with Crippen LogP contribution in [0.15, 0.2) is 48.5 Å². The standard InChI is InChI=1S/C24H28N2O6/c1-14(24(2,3)31)25-22(29)20(12-21(27)28)26-23(30)32-13-19-17-10-6-4-8-15(17)16-9-5-7-11-18(16)19/h4-11,14,19-20,31H,12-13H2,1-3H3,(H,25,29)(H,26,30)(H,27,28). The molecule has 0 aliphatic heterocycles. The molecule has 0 saturated carbocycles. The zero-order valence-corrected chi connectivity index (χ0v) is 18.3. The van der Waals surface area contributed by atoms with E-state index in [0.717, 1.165) is 22.3 Å². The largest absolute Gasteiger partial charge is 0.481 e. The monoisotopic (exact) mass is 440 g/mol. The summed E-state index contributed by atoms with van der Waals surface area (Å²) in [7, 11) is 0. The van der Waals surface area contributed by atoms with E-state index in [1.165, 1.54) is 13.8 Å². The first-order valence-electron chi connectivity index (χ1n) is 10.4. The van der Waals surface area contributed by atoms with E-state index in [-0.39, 0.29) is 12.5 Å². The lowest BCUT2D eigenvalue weighted by Gasteiger charge is -2.28. The van der Waals surface area contributed by atoms with Crippen molar-refractivity contribution in [2.45, 2.75) is 50.8 Å². The number of nitrogens with one attached hydrogen (secondary N) is 2. The molecule has 8 heteroatoms. The lowest BCUT2D eigenvalue weighted by Crippen LogP contribution is -2.54. The maximum Gasteiger partial charge on any atom is 0.407 e. The highest BCUT2D eigenvalue weighted by Crippen LogP contribution is 2.44. The number of aliphatic hydroxyl groups is 1. The van der Waals surface area contributed by atoms with E-state index in [0.29, 0.717) is 0 Å².